The lowest BCUT2D eigenvalue weighted by Gasteiger charge is -2.11. The van der Waals surface area contributed by atoms with E-state index in [0.29, 0.717) is 35.1 Å². The number of carbonyl (C=O) groups is 1. The number of amides is 1. The van der Waals surface area contributed by atoms with E-state index in [1.165, 1.54) is 23.9 Å². The largest absolute Gasteiger partial charge is 0.416 e. The van der Waals surface area contributed by atoms with Crippen LogP contribution in [0.25, 0.3) is 11.0 Å². The van der Waals surface area contributed by atoms with Crippen LogP contribution in [0.2, 0.25) is 0 Å². The van der Waals surface area contributed by atoms with Crippen LogP contribution in [-0.2, 0) is 25.0 Å². The Bertz CT molecular complexity index is 1610. The van der Waals surface area contributed by atoms with Crippen molar-refractivity contribution in [3.8, 4) is 0 Å². The van der Waals surface area contributed by atoms with Crippen LogP contribution in [0.4, 0.5) is 13.2 Å². The first-order chi connectivity index (χ1) is 18.8. The number of thioether (sulfide) groups is 1. The molecule has 0 atom stereocenters. The smallest absolute Gasteiger partial charge is 0.348 e. The Labute approximate surface area is 228 Å². The van der Waals surface area contributed by atoms with Crippen LogP contribution in [0.1, 0.15) is 38.2 Å². The molecule has 5 aromatic rings. The second kappa shape index (κ2) is 11.3. The number of nitrogens with zero attached hydrogens (tertiary/aromatic N) is 3. The summed E-state index contributed by atoms with van der Waals surface area (Å²) in [5, 5.41) is 3.64. The maximum Gasteiger partial charge on any atom is 0.416 e. The van der Waals surface area contributed by atoms with Gasteiger partial charge in [0.15, 0.2) is 5.16 Å². The predicted octanol–water partition coefficient (Wildman–Crippen LogP) is 7.03. The second-order valence-corrected chi connectivity index (χ2v) is 10.1. The number of hydrogen-bond acceptors (Lipinski definition) is 4. The van der Waals surface area contributed by atoms with E-state index in [1.807, 2.05) is 54.0 Å². The molecule has 198 valence electrons. The Morgan fingerprint density at radius 2 is 1.77 bits per heavy atom. The van der Waals surface area contributed by atoms with Crippen molar-refractivity contribution in [2.24, 2.45) is 0 Å². The molecule has 0 aliphatic carbocycles. The number of alkyl halides is 3. The zero-order valence-electron chi connectivity index (χ0n) is 21.1. The second-order valence-electron chi connectivity index (χ2n) is 9.14. The van der Waals surface area contributed by atoms with Gasteiger partial charge in [-0.25, -0.2) is 4.98 Å². The summed E-state index contributed by atoms with van der Waals surface area (Å²) in [5.74, 6) is 0.181. The maximum atomic E-state index is 13.1. The van der Waals surface area contributed by atoms with E-state index >= 15 is 0 Å². The zero-order valence-corrected chi connectivity index (χ0v) is 21.9. The SMILES string of the molecule is Cc1ccccc1CNC(=O)c1ccc(Cn2c(SCc3cccc(C(F)(F)F)c3)nc3ccncc32)cc1. The molecule has 1 amide bonds. The minimum atomic E-state index is -4.39. The summed E-state index contributed by atoms with van der Waals surface area (Å²) in [5.41, 5.74) is 5.18. The standard InChI is InChI=1S/C30H25F3N4OS/c1-20-5-2-3-7-24(20)16-35-28(38)23-11-9-21(10-12-23)18-37-27-17-34-14-13-26(27)36-29(37)39-19-22-6-4-8-25(15-22)30(31,32)33/h2-15,17H,16,18-19H2,1H3,(H,35,38). The molecule has 0 aliphatic rings. The highest BCUT2D eigenvalue weighted by Crippen LogP contribution is 2.32. The Morgan fingerprint density at radius 3 is 2.54 bits per heavy atom. The number of nitrogens with one attached hydrogen (secondary N) is 1. The molecule has 0 fully saturated rings. The highest BCUT2D eigenvalue weighted by molar-refractivity contribution is 7.98. The summed E-state index contributed by atoms with van der Waals surface area (Å²) >= 11 is 1.37. The number of rotatable bonds is 8. The van der Waals surface area contributed by atoms with E-state index in [4.69, 9.17) is 4.98 Å². The first kappa shape index (κ1) is 26.5. The third kappa shape index (κ3) is 6.31. The first-order valence-corrected chi connectivity index (χ1v) is 13.3. The molecule has 39 heavy (non-hydrogen) atoms. The normalized spacial score (nSPS) is 11.6. The summed E-state index contributed by atoms with van der Waals surface area (Å²) in [7, 11) is 0. The van der Waals surface area contributed by atoms with Crippen molar-refractivity contribution < 1.29 is 18.0 Å². The fraction of sp³-hybridized carbons (Fsp3) is 0.167. The number of aromatic nitrogens is 3. The molecule has 5 rings (SSSR count). The summed E-state index contributed by atoms with van der Waals surface area (Å²) in [6.45, 7) is 2.93. The molecule has 0 radical (unpaired) electrons. The third-order valence-electron chi connectivity index (χ3n) is 6.40. The lowest BCUT2D eigenvalue weighted by atomic mass is 10.1. The molecule has 0 bridgehead atoms. The maximum absolute atomic E-state index is 13.1. The van der Waals surface area contributed by atoms with E-state index in [1.54, 1.807) is 30.6 Å². The Morgan fingerprint density at radius 1 is 0.974 bits per heavy atom. The van der Waals surface area contributed by atoms with E-state index < -0.39 is 11.7 Å². The molecule has 3 aromatic carbocycles. The summed E-state index contributed by atoms with van der Waals surface area (Å²) in [6, 6.07) is 22.4. The average Bonchev–Trinajstić information content (AvgIpc) is 3.28. The lowest BCUT2D eigenvalue weighted by Crippen LogP contribution is -2.23. The number of aryl methyl sites for hydroxylation is 1. The highest BCUT2D eigenvalue weighted by atomic mass is 32.2. The van der Waals surface area contributed by atoms with Gasteiger partial charge in [-0.05, 0) is 53.4 Å². The van der Waals surface area contributed by atoms with Crippen molar-refractivity contribution in [3.63, 3.8) is 0 Å². The third-order valence-corrected chi connectivity index (χ3v) is 7.44. The monoisotopic (exact) mass is 546 g/mol. The van der Waals surface area contributed by atoms with Crippen LogP contribution in [0.15, 0.2) is 96.4 Å². The fourth-order valence-electron chi connectivity index (χ4n) is 4.23. The molecule has 0 unspecified atom stereocenters. The predicted molar refractivity (Wildman–Crippen MR) is 146 cm³/mol. The number of pyridine rings is 1. The highest BCUT2D eigenvalue weighted by Gasteiger charge is 2.30. The van der Waals surface area contributed by atoms with E-state index in [0.717, 1.165) is 33.8 Å². The van der Waals surface area contributed by atoms with E-state index in [-0.39, 0.29) is 5.91 Å². The van der Waals surface area contributed by atoms with Gasteiger partial charge < -0.3 is 9.88 Å². The molecular weight excluding hydrogens is 521 g/mol. The molecule has 2 heterocycles. The Hall–Kier alpha value is -4.11. The van der Waals surface area contributed by atoms with Gasteiger partial charge in [0, 0.05) is 24.1 Å². The first-order valence-electron chi connectivity index (χ1n) is 12.3. The van der Waals surface area contributed by atoms with Crippen LogP contribution >= 0.6 is 11.8 Å². The fourth-order valence-corrected chi connectivity index (χ4v) is 5.18. The van der Waals surface area contributed by atoms with Gasteiger partial charge in [0.1, 0.15) is 0 Å². The molecule has 1 N–H and O–H groups in total. The molecule has 0 aliphatic heterocycles. The van der Waals surface area contributed by atoms with Gasteiger partial charge in [0.05, 0.1) is 29.3 Å². The van der Waals surface area contributed by atoms with Crippen LogP contribution < -0.4 is 5.32 Å². The summed E-state index contributed by atoms with van der Waals surface area (Å²) < 4.78 is 41.4. The quantitative estimate of drug-likeness (QED) is 0.212. The van der Waals surface area contributed by atoms with Crippen LogP contribution in [0.5, 0.6) is 0 Å². The van der Waals surface area contributed by atoms with Crippen LogP contribution in [0.3, 0.4) is 0 Å². The van der Waals surface area contributed by atoms with Gasteiger partial charge in [0.2, 0.25) is 0 Å². The average molecular weight is 547 g/mol. The van der Waals surface area contributed by atoms with Crippen LogP contribution in [-0.4, -0.2) is 20.4 Å². The van der Waals surface area contributed by atoms with Crippen molar-refractivity contribution in [2.75, 3.05) is 0 Å². The Balaban J connectivity index is 1.31. The van der Waals surface area contributed by atoms with Gasteiger partial charge in [0.25, 0.3) is 5.91 Å². The molecule has 2 aromatic heterocycles. The van der Waals surface area contributed by atoms with Crippen LogP contribution in [0, 0.1) is 6.92 Å². The Kier molecular flexibility index (Phi) is 7.70. The number of carbonyl (C=O) groups excluding carboxylic acids is 1. The topological polar surface area (TPSA) is 59.8 Å². The number of benzene rings is 3. The molecule has 9 heteroatoms. The molecule has 5 nitrogen and oxygen atoms in total. The minimum Gasteiger partial charge on any atom is -0.348 e. The molecule has 0 saturated heterocycles. The van der Waals surface area contributed by atoms with Gasteiger partial charge in [-0.15, -0.1) is 0 Å². The summed E-state index contributed by atoms with van der Waals surface area (Å²) in [4.78, 5) is 21.6. The van der Waals surface area contributed by atoms with E-state index in [2.05, 4.69) is 10.3 Å². The van der Waals surface area contributed by atoms with Crippen molar-refractivity contribution in [2.45, 2.75) is 37.1 Å². The van der Waals surface area contributed by atoms with Crippen molar-refractivity contribution >= 4 is 28.7 Å². The van der Waals surface area contributed by atoms with Gasteiger partial charge in [-0.2, -0.15) is 13.2 Å². The van der Waals surface area contributed by atoms with Gasteiger partial charge >= 0.3 is 6.18 Å². The molecule has 0 saturated carbocycles. The van der Waals surface area contributed by atoms with Gasteiger partial charge in [-0.1, -0.05) is 66.4 Å². The lowest BCUT2D eigenvalue weighted by molar-refractivity contribution is -0.137. The number of imidazole rings is 1. The van der Waals surface area contributed by atoms with E-state index in [9.17, 15) is 18.0 Å². The van der Waals surface area contributed by atoms with Crippen molar-refractivity contribution in [3.05, 3.63) is 125 Å². The molecule has 0 spiro atoms. The number of halogens is 3. The zero-order chi connectivity index (χ0) is 27.4. The van der Waals surface area contributed by atoms with Gasteiger partial charge in [-0.3, -0.25) is 9.78 Å². The summed E-state index contributed by atoms with van der Waals surface area (Å²) in [6.07, 6.45) is -1.00. The van der Waals surface area contributed by atoms with Crippen molar-refractivity contribution in [1.82, 2.24) is 19.9 Å². The molecular formula is C30H25F3N4OS. The van der Waals surface area contributed by atoms with Crippen molar-refractivity contribution in [1.29, 1.82) is 0 Å². The number of fused-ring (bicyclic) bond motifs is 1. The number of hydrogen-bond donors (Lipinski definition) is 1. The minimum absolute atomic E-state index is 0.153.